The van der Waals surface area contributed by atoms with Crippen LogP contribution in [0, 0.1) is 5.82 Å². The number of rotatable bonds is 4. The zero-order valence-corrected chi connectivity index (χ0v) is 12.1. The van der Waals surface area contributed by atoms with Gasteiger partial charge in [0, 0.05) is 16.2 Å². The molecule has 0 aliphatic heterocycles. The minimum absolute atomic E-state index is 0.291. The molecule has 0 bridgehead atoms. The molecule has 0 saturated carbocycles. The molecular formula is C14H11Cl2FOS. The van der Waals surface area contributed by atoms with Crippen LogP contribution in [0.3, 0.4) is 0 Å². The third-order valence-electron chi connectivity index (χ3n) is 2.54. The van der Waals surface area contributed by atoms with Gasteiger partial charge in [-0.05, 0) is 24.3 Å². The Labute approximate surface area is 125 Å². The first-order valence-corrected chi connectivity index (χ1v) is 7.32. The molecule has 0 fully saturated rings. The SMILES string of the molecule is OC(CSc1cccc(F)c1)c1cccc(Cl)c1Cl. The number of halogens is 3. The third kappa shape index (κ3) is 3.86. The Morgan fingerprint density at radius 3 is 2.63 bits per heavy atom. The molecule has 0 spiro atoms. The molecule has 5 heteroatoms. The molecule has 0 saturated heterocycles. The number of hydrogen-bond donors (Lipinski definition) is 1. The highest BCUT2D eigenvalue weighted by Crippen LogP contribution is 2.32. The largest absolute Gasteiger partial charge is 0.387 e. The van der Waals surface area contributed by atoms with E-state index in [1.54, 1.807) is 30.3 Å². The van der Waals surface area contributed by atoms with Gasteiger partial charge < -0.3 is 5.11 Å². The monoisotopic (exact) mass is 316 g/mol. The Kier molecular flexibility index (Phi) is 5.11. The minimum atomic E-state index is -0.750. The summed E-state index contributed by atoms with van der Waals surface area (Å²) in [6.45, 7) is 0. The first kappa shape index (κ1) is 14.7. The van der Waals surface area contributed by atoms with Crippen molar-refractivity contribution in [2.75, 3.05) is 5.75 Å². The van der Waals surface area contributed by atoms with Crippen LogP contribution in [-0.4, -0.2) is 10.9 Å². The number of benzene rings is 2. The molecule has 2 aromatic rings. The lowest BCUT2D eigenvalue weighted by atomic mass is 10.1. The molecule has 2 aromatic carbocycles. The zero-order chi connectivity index (χ0) is 13.8. The summed E-state index contributed by atoms with van der Waals surface area (Å²) in [5, 5.41) is 10.9. The Morgan fingerprint density at radius 1 is 1.16 bits per heavy atom. The van der Waals surface area contributed by atoms with E-state index in [1.165, 1.54) is 23.9 Å². The van der Waals surface area contributed by atoms with Crippen LogP contribution in [0.1, 0.15) is 11.7 Å². The van der Waals surface area contributed by atoms with E-state index in [-0.39, 0.29) is 5.82 Å². The van der Waals surface area contributed by atoms with Gasteiger partial charge in [0.2, 0.25) is 0 Å². The van der Waals surface area contributed by atoms with Gasteiger partial charge in [-0.3, -0.25) is 0 Å². The van der Waals surface area contributed by atoms with Gasteiger partial charge in [-0.25, -0.2) is 4.39 Å². The molecule has 1 unspecified atom stereocenters. The van der Waals surface area contributed by atoms with Crippen LogP contribution in [0.4, 0.5) is 4.39 Å². The zero-order valence-electron chi connectivity index (χ0n) is 9.82. The number of aliphatic hydroxyl groups excluding tert-OH is 1. The van der Waals surface area contributed by atoms with Crippen molar-refractivity contribution in [1.82, 2.24) is 0 Å². The number of hydrogen-bond acceptors (Lipinski definition) is 2. The second-order valence-electron chi connectivity index (χ2n) is 3.93. The average molecular weight is 317 g/mol. The predicted molar refractivity (Wildman–Crippen MR) is 78.5 cm³/mol. The van der Waals surface area contributed by atoms with E-state index in [0.717, 1.165) is 4.90 Å². The van der Waals surface area contributed by atoms with Gasteiger partial charge in [0.1, 0.15) is 5.82 Å². The molecule has 0 radical (unpaired) electrons. The molecule has 0 amide bonds. The smallest absolute Gasteiger partial charge is 0.124 e. The highest BCUT2D eigenvalue weighted by molar-refractivity contribution is 7.99. The average Bonchev–Trinajstić information content (AvgIpc) is 2.39. The fourth-order valence-corrected chi connectivity index (χ4v) is 2.93. The van der Waals surface area contributed by atoms with Crippen LogP contribution >= 0.6 is 35.0 Å². The summed E-state index contributed by atoms with van der Waals surface area (Å²) in [7, 11) is 0. The summed E-state index contributed by atoms with van der Waals surface area (Å²) in [5.41, 5.74) is 0.582. The van der Waals surface area contributed by atoms with Gasteiger partial charge >= 0.3 is 0 Å². The van der Waals surface area contributed by atoms with Crippen LogP contribution < -0.4 is 0 Å². The van der Waals surface area contributed by atoms with Crippen molar-refractivity contribution in [3.8, 4) is 0 Å². The first-order valence-electron chi connectivity index (χ1n) is 5.58. The maximum atomic E-state index is 13.0. The quantitative estimate of drug-likeness (QED) is 0.805. The van der Waals surface area contributed by atoms with Crippen molar-refractivity contribution >= 4 is 35.0 Å². The molecule has 0 aromatic heterocycles. The molecule has 19 heavy (non-hydrogen) atoms. The summed E-state index contributed by atoms with van der Waals surface area (Å²) < 4.78 is 13.0. The Hall–Kier alpha value is -0.740. The topological polar surface area (TPSA) is 20.2 Å². The van der Waals surface area contributed by atoms with E-state index in [2.05, 4.69) is 0 Å². The fourth-order valence-electron chi connectivity index (χ4n) is 1.60. The van der Waals surface area contributed by atoms with Crippen molar-refractivity contribution in [2.24, 2.45) is 0 Å². The summed E-state index contributed by atoms with van der Waals surface area (Å²) in [6, 6.07) is 11.4. The lowest BCUT2D eigenvalue weighted by Gasteiger charge is -2.13. The van der Waals surface area contributed by atoms with Crippen LogP contribution in [0.25, 0.3) is 0 Å². The van der Waals surface area contributed by atoms with Gasteiger partial charge in [0.25, 0.3) is 0 Å². The van der Waals surface area contributed by atoms with Crippen molar-refractivity contribution < 1.29 is 9.50 Å². The highest BCUT2D eigenvalue weighted by Gasteiger charge is 2.14. The van der Waals surface area contributed by atoms with Crippen LogP contribution in [0.5, 0.6) is 0 Å². The summed E-state index contributed by atoms with van der Waals surface area (Å²) >= 11 is 13.3. The summed E-state index contributed by atoms with van der Waals surface area (Å²) in [5.74, 6) is 0.0871. The third-order valence-corrected chi connectivity index (χ3v) is 4.45. The summed E-state index contributed by atoms with van der Waals surface area (Å²) in [4.78, 5) is 0.761. The van der Waals surface area contributed by atoms with E-state index in [1.807, 2.05) is 0 Å². The van der Waals surface area contributed by atoms with E-state index in [4.69, 9.17) is 23.2 Å². The standard InChI is InChI=1S/C14H11Cl2FOS/c15-12-6-2-5-11(14(12)16)13(18)8-19-10-4-1-3-9(17)7-10/h1-7,13,18H,8H2. The molecule has 0 aliphatic carbocycles. The second kappa shape index (κ2) is 6.62. The molecule has 0 aliphatic rings. The molecule has 1 N–H and O–H groups in total. The predicted octanol–water partition coefficient (Wildman–Crippen LogP) is 4.96. The van der Waals surface area contributed by atoms with Gasteiger partial charge in [-0.15, -0.1) is 11.8 Å². The summed E-state index contributed by atoms with van der Waals surface area (Å²) in [6.07, 6.45) is -0.750. The maximum absolute atomic E-state index is 13.0. The van der Waals surface area contributed by atoms with Crippen LogP contribution in [-0.2, 0) is 0 Å². The lowest BCUT2D eigenvalue weighted by molar-refractivity contribution is 0.204. The Morgan fingerprint density at radius 2 is 1.89 bits per heavy atom. The Balaban J connectivity index is 2.05. The molecule has 1 atom stereocenters. The molecule has 0 heterocycles. The molecule has 1 nitrogen and oxygen atoms in total. The lowest BCUT2D eigenvalue weighted by Crippen LogP contribution is -2.01. The molecule has 100 valence electrons. The van der Waals surface area contributed by atoms with Gasteiger partial charge in [-0.2, -0.15) is 0 Å². The van der Waals surface area contributed by atoms with E-state index in [0.29, 0.717) is 21.4 Å². The maximum Gasteiger partial charge on any atom is 0.124 e. The highest BCUT2D eigenvalue weighted by atomic mass is 35.5. The number of thioether (sulfide) groups is 1. The normalized spacial score (nSPS) is 12.4. The van der Waals surface area contributed by atoms with Gasteiger partial charge in [-0.1, -0.05) is 41.4 Å². The van der Waals surface area contributed by atoms with Crippen LogP contribution in [0.15, 0.2) is 47.4 Å². The van der Waals surface area contributed by atoms with E-state index in [9.17, 15) is 9.50 Å². The van der Waals surface area contributed by atoms with Crippen LogP contribution in [0.2, 0.25) is 10.0 Å². The van der Waals surface area contributed by atoms with Gasteiger partial charge in [0.15, 0.2) is 0 Å². The van der Waals surface area contributed by atoms with Crippen molar-refractivity contribution in [1.29, 1.82) is 0 Å². The molecule has 2 rings (SSSR count). The fraction of sp³-hybridized carbons (Fsp3) is 0.143. The van der Waals surface area contributed by atoms with Crippen molar-refractivity contribution in [2.45, 2.75) is 11.0 Å². The number of aliphatic hydroxyl groups is 1. The first-order chi connectivity index (χ1) is 9.08. The van der Waals surface area contributed by atoms with Crippen molar-refractivity contribution in [3.63, 3.8) is 0 Å². The van der Waals surface area contributed by atoms with Crippen molar-refractivity contribution in [3.05, 3.63) is 63.9 Å². The Bertz CT molecular complexity index is 577. The van der Waals surface area contributed by atoms with Gasteiger partial charge in [0.05, 0.1) is 16.1 Å². The molecular weight excluding hydrogens is 306 g/mol. The van der Waals surface area contributed by atoms with E-state index < -0.39 is 6.10 Å². The second-order valence-corrected chi connectivity index (χ2v) is 5.81. The minimum Gasteiger partial charge on any atom is -0.387 e. The van der Waals surface area contributed by atoms with E-state index >= 15 is 0 Å².